The molecule has 0 unspecified atom stereocenters. The average molecular weight is 400 g/mol. The van der Waals surface area contributed by atoms with E-state index in [1.165, 1.54) is 4.90 Å². The van der Waals surface area contributed by atoms with Crippen LogP contribution in [0.25, 0.3) is 21.7 Å². The highest BCUT2D eigenvalue weighted by atomic mass is 16.3. The first-order chi connectivity index (χ1) is 14.6. The van der Waals surface area contributed by atoms with Gasteiger partial charge in [0.05, 0.1) is 19.2 Å². The molecule has 1 aromatic heterocycles. The van der Waals surface area contributed by atoms with Gasteiger partial charge in [-0.25, -0.2) is 0 Å². The van der Waals surface area contributed by atoms with E-state index in [9.17, 15) is 9.59 Å². The predicted octanol–water partition coefficient (Wildman–Crippen LogP) is 4.79. The Morgan fingerprint density at radius 3 is 2.57 bits per heavy atom. The van der Waals surface area contributed by atoms with Gasteiger partial charge in [0.2, 0.25) is 11.8 Å². The van der Waals surface area contributed by atoms with Crippen LogP contribution in [0, 0.1) is 0 Å². The molecule has 0 fully saturated rings. The summed E-state index contributed by atoms with van der Waals surface area (Å²) in [7, 11) is 1.65. The molecule has 1 heterocycles. The molecule has 152 valence electrons. The molecule has 0 aliphatic heterocycles. The number of para-hydroxylation sites is 1. The van der Waals surface area contributed by atoms with Crippen LogP contribution in [0.4, 0.5) is 5.69 Å². The lowest BCUT2D eigenvalue weighted by molar-refractivity contribution is -0.132. The molecular weight excluding hydrogens is 376 g/mol. The first-order valence-electron chi connectivity index (χ1n) is 10.1. The average Bonchev–Trinajstić information content (AvgIpc) is 3.17. The molecule has 0 bridgehead atoms. The second-order valence-corrected chi connectivity index (χ2v) is 7.41. The number of benzene rings is 3. The summed E-state index contributed by atoms with van der Waals surface area (Å²) in [5.41, 5.74) is 3.44. The van der Waals surface area contributed by atoms with E-state index in [0.29, 0.717) is 0 Å². The Kier molecular flexibility index (Phi) is 5.53. The minimum atomic E-state index is -0.214. The quantitative estimate of drug-likeness (QED) is 0.506. The number of aryl methyl sites for hydroxylation is 1. The number of hydrogen-bond donors (Lipinski definition) is 1. The predicted molar refractivity (Wildman–Crippen MR) is 120 cm³/mol. The molecule has 2 amide bonds. The van der Waals surface area contributed by atoms with Crippen LogP contribution in [-0.4, -0.2) is 30.3 Å². The van der Waals surface area contributed by atoms with Crippen LogP contribution >= 0.6 is 0 Å². The first-order valence-corrected chi connectivity index (χ1v) is 10.1. The van der Waals surface area contributed by atoms with E-state index in [1.807, 2.05) is 67.6 Å². The van der Waals surface area contributed by atoms with Gasteiger partial charge in [-0.05, 0) is 34.9 Å². The highest BCUT2D eigenvalue weighted by Gasteiger charge is 2.18. The van der Waals surface area contributed by atoms with Crippen LogP contribution in [0.1, 0.15) is 18.1 Å². The number of anilines is 1. The van der Waals surface area contributed by atoms with Crippen LogP contribution in [0.5, 0.6) is 0 Å². The third-order valence-electron chi connectivity index (χ3n) is 5.36. The Bertz CT molecular complexity index is 1230. The third kappa shape index (κ3) is 3.92. The maximum absolute atomic E-state index is 12.8. The number of nitrogens with zero attached hydrogens (tertiary/aromatic N) is 1. The largest absolute Gasteiger partial charge is 0.464 e. The number of hydrogen-bond acceptors (Lipinski definition) is 3. The Morgan fingerprint density at radius 1 is 0.967 bits per heavy atom. The van der Waals surface area contributed by atoms with Crippen molar-refractivity contribution in [3.05, 3.63) is 78.1 Å². The molecule has 5 nitrogen and oxygen atoms in total. The summed E-state index contributed by atoms with van der Waals surface area (Å²) in [6.07, 6.45) is 2.64. The van der Waals surface area contributed by atoms with Gasteiger partial charge in [0.25, 0.3) is 0 Å². The van der Waals surface area contributed by atoms with Crippen molar-refractivity contribution in [1.29, 1.82) is 0 Å². The van der Waals surface area contributed by atoms with Gasteiger partial charge < -0.3 is 14.6 Å². The van der Waals surface area contributed by atoms with Crippen molar-refractivity contribution in [1.82, 2.24) is 4.90 Å². The zero-order valence-electron chi connectivity index (χ0n) is 17.1. The molecule has 0 saturated carbocycles. The van der Waals surface area contributed by atoms with Crippen molar-refractivity contribution in [3.8, 4) is 0 Å². The van der Waals surface area contributed by atoms with Crippen molar-refractivity contribution in [2.75, 3.05) is 18.9 Å². The second kappa shape index (κ2) is 8.41. The lowest BCUT2D eigenvalue weighted by Crippen LogP contribution is -2.35. The van der Waals surface area contributed by atoms with Gasteiger partial charge in [0, 0.05) is 23.7 Å². The highest BCUT2D eigenvalue weighted by Crippen LogP contribution is 2.30. The number of likely N-dealkylation sites (N-methyl/N-ethyl adjacent to an activating group) is 1. The van der Waals surface area contributed by atoms with E-state index >= 15 is 0 Å². The highest BCUT2D eigenvalue weighted by molar-refractivity contribution is 6.08. The molecule has 1 N–H and O–H groups in total. The number of rotatable bonds is 6. The van der Waals surface area contributed by atoms with Crippen molar-refractivity contribution in [2.45, 2.75) is 19.8 Å². The molecular formula is C25H24N2O3. The zero-order chi connectivity index (χ0) is 21.1. The molecule has 0 radical (unpaired) electrons. The van der Waals surface area contributed by atoms with E-state index in [4.69, 9.17) is 4.42 Å². The smallest absolute Gasteiger partial charge is 0.243 e. The lowest BCUT2D eigenvalue weighted by atomic mass is 10.0. The molecule has 4 rings (SSSR count). The van der Waals surface area contributed by atoms with Gasteiger partial charge in [-0.3, -0.25) is 9.59 Å². The lowest BCUT2D eigenvalue weighted by Gasteiger charge is -2.17. The van der Waals surface area contributed by atoms with Gasteiger partial charge in [-0.2, -0.15) is 0 Å². The standard InChI is InChI=1S/C25H24N2O3/c1-3-17-8-5-7-11-21(17)26-23(28)15-27(2)24(29)14-19-16-30-22-13-12-18-9-4-6-10-20(18)25(19)22/h4-13,16H,3,14-15H2,1-2H3,(H,26,28). The van der Waals surface area contributed by atoms with Crippen molar-refractivity contribution in [3.63, 3.8) is 0 Å². The molecule has 0 atom stereocenters. The topological polar surface area (TPSA) is 62.6 Å². The van der Waals surface area contributed by atoms with Crippen LogP contribution in [0.2, 0.25) is 0 Å². The second-order valence-electron chi connectivity index (χ2n) is 7.41. The number of carbonyl (C=O) groups is 2. The Hall–Kier alpha value is -3.60. The van der Waals surface area contributed by atoms with Crippen LogP contribution in [0.15, 0.2) is 71.3 Å². The van der Waals surface area contributed by atoms with E-state index in [2.05, 4.69) is 5.32 Å². The fourth-order valence-electron chi connectivity index (χ4n) is 3.75. The Morgan fingerprint density at radius 2 is 1.73 bits per heavy atom. The zero-order valence-corrected chi connectivity index (χ0v) is 17.1. The fraction of sp³-hybridized carbons (Fsp3) is 0.200. The van der Waals surface area contributed by atoms with E-state index in [-0.39, 0.29) is 24.8 Å². The van der Waals surface area contributed by atoms with Gasteiger partial charge in [-0.1, -0.05) is 55.5 Å². The van der Waals surface area contributed by atoms with Crippen LogP contribution in [-0.2, 0) is 22.4 Å². The maximum Gasteiger partial charge on any atom is 0.243 e. The third-order valence-corrected chi connectivity index (χ3v) is 5.36. The first kappa shape index (κ1) is 19.7. The Labute approximate surface area is 175 Å². The molecule has 4 aromatic rings. The molecule has 5 heteroatoms. The summed E-state index contributed by atoms with van der Waals surface area (Å²) < 4.78 is 5.67. The summed E-state index contributed by atoms with van der Waals surface area (Å²) in [6.45, 7) is 2.03. The van der Waals surface area contributed by atoms with Crippen LogP contribution in [0.3, 0.4) is 0 Å². The number of furan rings is 1. The molecule has 0 saturated heterocycles. The summed E-state index contributed by atoms with van der Waals surface area (Å²) >= 11 is 0. The van der Waals surface area contributed by atoms with Gasteiger partial charge >= 0.3 is 0 Å². The maximum atomic E-state index is 12.8. The van der Waals surface area contributed by atoms with Gasteiger partial charge in [0.1, 0.15) is 5.58 Å². The summed E-state index contributed by atoms with van der Waals surface area (Å²) in [5, 5.41) is 6.02. The van der Waals surface area contributed by atoms with Gasteiger partial charge in [-0.15, -0.1) is 0 Å². The van der Waals surface area contributed by atoms with Crippen molar-refractivity contribution in [2.24, 2.45) is 0 Å². The number of amides is 2. The fourth-order valence-corrected chi connectivity index (χ4v) is 3.75. The summed E-state index contributed by atoms with van der Waals surface area (Å²) in [4.78, 5) is 26.7. The Balaban J connectivity index is 1.47. The summed E-state index contributed by atoms with van der Waals surface area (Å²) in [5.74, 6) is -0.348. The molecule has 30 heavy (non-hydrogen) atoms. The van der Waals surface area contributed by atoms with E-state index in [1.54, 1.807) is 13.3 Å². The molecule has 0 spiro atoms. The summed E-state index contributed by atoms with van der Waals surface area (Å²) in [6, 6.07) is 19.7. The molecule has 0 aliphatic carbocycles. The monoisotopic (exact) mass is 400 g/mol. The SMILES string of the molecule is CCc1ccccc1NC(=O)CN(C)C(=O)Cc1coc2ccc3ccccc3c12. The number of fused-ring (bicyclic) bond motifs is 3. The minimum absolute atomic E-state index is 0.00653. The number of nitrogens with one attached hydrogen (secondary N) is 1. The molecule has 0 aliphatic rings. The van der Waals surface area contributed by atoms with Crippen molar-refractivity contribution < 1.29 is 14.0 Å². The minimum Gasteiger partial charge on any atom is -0.464 e. The normalized spacial score (nSPS) is 11.0. The van der Waals surface area contributed by atoms with Gasteiger partial charge in [0.15, 0.2) is 0 Å². The number of carbonyl (C=O) groups excluding carboxylic acids is 2. The van der Waals surface area contributed by atoms with Crippen LogP contribution < -0.4 is 5.32 Å². The molecule has 3 aromatic carbocycles. The van der Waals surface area contributed by atoms with E-state index in [0.717, 1.165) is 45.0 Å². The van der Waals surface area contributed by atoms with E-state index < -0.39 is 0 Å². The van der Waals surface area contributed by atoms with Crippen molar-refractivity contribution >= 4 is 39.2 Å².